The van der Waals surface area contributed by atoms with E-state index in [0.717, 1.165) is 27.8 Å². The zero-order valence-electron chi connectivity index (χ0n) is 11.6. The molecule has 1 atom stereocenters. The van der Waals surface area contributed by atoms with Gasteiger partial charge in [0.2, 0.25) is 0 Å². The molecule has 0 saturated carbocycles. The lowest BCUT2D eigenvalue weighted by molar-refractivity contribution is 0.587. The highest BCUT2D eigenvalue weighted by atomic mass is 79.9. The van der Waals surface area contributed by atoms with E-state index in [1.165, 1.54) is 11.8 Å². The minimum absolute atomic E-state index is 0.0711. The molecular weight excluding hydrogens is 354 g/mol. The molecule has 0 spiro atoms. The van der Waals surface area contributed by atoms with Crippen LogP contribution in [-0.2, 0) is 16.3 Å². The van der Waals surface area contributed by atoms with Crippen LogP contribution in [0.1, 0.15) is 29.5 Å². The Labute approximate surface area is 132 Å². The molecule has 0 amide bonds. The summed E-state index contributed by atoms with van der Waals surface area (Å²) in [7, 11) is -3.00. The van der Waals surface area contributed by atoms with Crippen molar-refractivity contribution in [3.05, 3.63) is 39.8 Å². The maximum Gasteiger partial charge on any atom is 0.147 e. The van der Waals surface area contributed by atoms with Crippen LogP contribution >= 0.6 is 15.9 Å². The number of sulfone groups is 1. The molecule has 3 rings (SSSR count). The second kappa shape index (κ2) is 5.23. The molecule has 1 aliphatic carbocycles. The van der Waals surface area contributed by atoms with Crippen LogP contribution in [0.25, 0.3) is 11.3 Å². The maximum atomic E-state index is 11.2. The molecule has 5 nitrogen and oxygen atoms in total. The Bertz CT molecular complexity index is 799. The lowest BCUT2D eigenvalue weighted by Gasteiger charge is -2.08. The molecule has 1 aromatic carbocycles. The van der Waals surface area contributed by atoms with Crippen molar-refractivity contribution in [2.75, 3.05) is 12.0 Å². The van der Waals surface area contributed by atoms with Crippen molar-refractivity contribution in [1.82, 2.24) is 9.97 Å². The van der Waals surface area contributed by atoms with Crippen LogP contribution in [0.4, 0.5) is 0 Å². The van der Waals surface area contributed by atoms with Gasteiger partial charge in [-0.2, -0.15) is 0 Å². The highest BCUT2D eigenvalue weighted by Gasteiger charge is 2.26. The summed E-state index contributed by atoms with van der Waals surface area (Å²) < 4.78 is 23.5. The summed E-state index contributed by atoms with van der Waals surface area (Å²) in [5.74, 6) is 0.732. The van der Waals surface area contributed by atoms with E-state index < -0.39 is 9.84 Å². The molecule has 3 N–H and O–H groups in total. The van der Waals surface area contributed by atoms with Crippen molar-refractivity contribution in [2.24, 2.45) is 5.73 Å². The van der Waals surface area contributed by atoms with Gasteiger partial charge >= 0.3 is 0 Å². The summed E-state index contributed by atoms with van der Waals surface area (Å²) in [6, 6.07) is 5.65. The van der Waals surface area contributed by atoms with Gasteiger partial charge in [-0.15, -0.1) is 0 Å². The van der Waals surface area contributed by atoms with Gasteiger partial charge in [0.15, 0.2) is 0 Å². The number of H-pyrrole nitrogens is 1. The molecule has 1 heterocycles. The predicted octanol–water partition coefficient (Wildman–Crippen LogP) is 2.18. The van der Waals surface area contributed by atoms with Gasteiger partial charge in [0, 0.05) is 28.4 Å². The summed E-state index contributed by atoms with van der Waals surface area (Å²) in [5, 5.41) is 0. The average molecular weight is 370 g/mol. The molecule has 1 unspecified atom stereocenters. The molecule has 1 aliphatic rings. The first kappa shape index (κ1) is 14.7. The van der Waals surface area contributed by atoms with Crippen molar-refractivity contribution in [2.45, 2.75) is 18.9 Å². The Morgan fingerprint density at radius 2 is 2.24 bits per heavy atom. The van der Waals surface area contributed by atoms with Crippen molar-refractivity contribution < 1.29 is 8.42 Å². The second-order valence-corrected chi connectivity index (χ2v) is 8.53. The quantitative estimate of drug-likeness (QED) is 0.737. The number of nitrogens with two attached hydrogens (primary N) is 1. The van der Waals surface area contributed by atoms with E-state index in [-0.39, 0.29) is 11.8 Å². The molecular formula is C14H16BrN3O2S. The molecule has 0 saturated heterocycles. The molecule has 2 aromatic rings. The van der Waals surface area contributed by atoms with Crippen molar-refractivity contribution in [3.8, 4) is 11.3 Å². The summed E-state index contributed by atoms with van der Waals surface area (Å²) in [5.41, 5.74) is 10.3. The van der Waals surface area contributed by atoms with Crippen LogP contribution in [0, 0.1) is 0 Å². The van der Waals surface area contributed by atoms with E-state index in [1.807, 2.05) is 18.2 Å². The van der Waals surface area contributed by atoms with Gasteiger partial charge in [-0.3, -0.25) is 0 Å². The number of fused-ring (bicyclic) bond motifs is 3. The van der Waals surface area contributed by atoms with Crippen LogP contribution in [-0.4, -0.2) is 30.4 Å². The Kier molecular flexibility index (Phi) is 3.67. The standard InChI is InChI=1S/C14H16BrN3O2S/c1-21(19,20)6-5-11(16)14-17-12-7-9-8(13(12)18-14)3-2-4-10(9)15/h2-4,11H,5-7,16H2,1H3,(H,17,18). The second-order valence-electron chi connectivity index (χ2n) is 5.42. The topological polar surface area (TPSA) is 88.8 Å². The number of hydrogen-bond acceptors (Lipinski definition) is 4. The number of aromatic amines is 1. The van der Waals surface area contributed by atoms with Crippen LogP contribution in [0.2, 0.25) is 0 Å². The molecule has 7 heteroatoms. The van der Waals surface area contributed by atoms with Crippen molar-refractivity contribution in [3.63, 3.8) is 0 Å². The van der Waals surface area contributed by atoms with Gasteiger partial charge in [-0.05, 0) is 18.1 Å². The number of aromatic nitrogens is 2. The molecule has 0 bridgehead atoms. The zero-order valence-corrected chi connectivity index (χ0v) is 14.0. The van der Waals surface area contributed by atoms with Crippen molar-refractivity contribution in [1.29, 1.82) is 0 Å². The normalized spacial score (nSPS) is 14.8. The molecule has 21 heavy (non-hydrogen) atoms. The van der Waals surface area contributed by atoms with E-state index in [1.54, 1.807) is 0 Å². The highest BCUT2D eigenvalue weighted by Crippen LogP contribution is 2.39. The van der Waals surface area contributed by atoms with Crippen molar-refractivity contribution >= 4 is 25.8 Å². The van der Waals surface area contributed by atoms with Crippen LogP contribution < -0.4 is 5.73 Å². The van der Waals surface area contributed by atoms with E-state index in [4.69, 9.17) is 5.73 Å². The monoisotopic (exact) mass is 369 g/mol. The summed E-state index contributed by atoms with van der Waals surface area (Å²) >= 11 is 3.55. The smallest absolute Gasteiger partial charge is 0.147 e. The molecule has 0 fully saturated rings. The van der Waals surface area contributed by atoms with Gasteiger partial charge in [-0.25, -0.2) is 13.4 Å². The summed E-state index contributed by atoms with van der Waals surface area (Å²) in [6.07, 6.45) is 2.38. The first-order valence-electron chi connectivity index (χ1n) is 6.65. The summed E-state index contributed by atoms with van der Waals surface area (Å²) in [4.78, 5) is 7.83. The third-order valence-corrected chi connectivity index (χ3v) is 5.40. The minimum Gasteiger partial charge on any atom is -0.344 e. The van der Waals surface area contributed by atoms with E-state index in [9.17, 15) is 8.42 Å². The Balaban J connectivity index is 1.86. The van der Waals surface area contributed by atoms with Gasteiger partial charge in [0.25, 0.3) is 0 Å². The third kappa shape index (κ3) is 2.90. The molecule has 0 aliphatic heterocycles. The lowest BCUT2D eigenvalue weighted by atomic mass is 10.1. The minimum atomic E-state index is -3.00. The highest BCUT2D eigenvalue weighted by molar-refractivity contribution is 9.10. The maximum absolute atomic E-state index is 11.2. The predicted molar refractivity (Wildman–Crippen MR) is 85.8 cm³/mol. The number of halogens is 1. The summed E-state index contributed by atoms with van der Waals surface area (Å²) in [6.45, 7) is 0. The number of imidazole rings is 1. The Hall–Kier alpha value is -1.18. The fourth-order valence-corrected chi connectivity index (χ4v) is 3.76. The van der Waals surface area contributed by atoms with Gasteiger partial charge in [0.05, 0.1) is 17.5 Å². The molecule has 0 radical (unpaired) electrons. The van der Waals surface area contributed by atoms with Crippen LogP contribution in [0.3, 0.4) is 0 Å². The number of nitrogens with zero attached hydrogens (tertiary/aromatic N) is 1. The van der Waals surface area contributed by atoms with Crippen LogP contribution in [0.15, 0.2) is 22.7 Å². The largest absolute Gasteiger partial charge is 0.344 e. The van der Waals surface area contributed by atoms with E-state index >= 15 is 0 Å². The Morgan fingerprint density at radius 3 is 2.95 bits per heavy atom. The first-order valence-corrected chi connectivity index (χ1v) is 9.50. The number of benzene rings is 1. The SMILES string of the molecule is CS(=O)(=O)CCC(N)c1nc2c([nH]1)Cc1c(Br)cccc1-2. The lowest BCUT2D eigenvalue weighted by Crippen LogP contribution is -2.17. The average Bonchev–Trinajstić information content (AvgIpc) is 2.94. The number of nitrogens with one attached hydrogen (secondary N) is 1. The fourth-order valence-electron chi connectivity index (χ4n) is 2.57. The third-order valence-electron chi connectivity index (χ3n) is 3.68. The van der Waals surface area contributed by atoms with Gasteiger partial charge in [0.1, 0.15) is 15.7 Å². The first-order chi connectivity index (χ1) is 9.85. The fraction of sp³-hybridized carbons (Fsp3) is 0.357. The molecule has 112 valence electrons. The number of hydrogen-bond donors (Lipinski definition) is 2. The zero-order chi connectivity index (χ0) is 15.2. The molecule has 1 aromatic heterocycles. The van der Waals surface area contributed by atoms with E-state index in [2.05, 4.69) is 25.9 Å². The Morgan fingerprint density at radius 1 is 1.48 bits per heavy atom. The van der Waals surface area contributed by atoms with Crippen LogP contribution in [0.5, 0.6) is 0 Å². The van der Waals surface area contributed by atoms with Gasteiger partial charge in [-0.1, -0.05) is 28.1 Å². The van der Waals surface area contributed by atoms with Gasteiger partial charge < -0.3 is 10.7 Å². The number of rotatable bonds is 4. The van der Waals surface area contributed by atoms with E-state index in [0.29, 0.717) is 12.2 Å².